The largest absolute Gasteiger partial charge is 0.339 e. The average molecular weight is 358 g/mol. The highest BCUT2D eigenvalue weighted by molar-refractivity contribution is 6.35. The summed E-state index contributed by atoms with van der Waals surface area (Å²) in [6, 6.07) is 5.43. The molecular weight excluding hydrogens is 337 g/mol. The molecule has 1 aromatic rings. The summed E-state index contributed by atoms with van der Waals surface area (Å²) in [6.45, 7) is 4.95. The van der Waals surface area contributed by atoms with Gasteiger partial charge in [0, 0.05) is 43.1 Å². The highest BCUT2D eigenvalue weighted by atomic mass is 35.5. The third-order valence-electron chi connectivity index (χ3n) is 3.94. The van der Waals surface area contributed by atoms with Crippen molar-refractivity contribution < 1.29 is 9.59 Å². The van der Waals surface area contributed by atoms with Gasteiger partial charge < -0.3 is 15.1 Å². The number of halogens is 2. The van der Waals surface area contributed by atoms with Crippen molar-refractivity contribution in [3.05, 3.63) is 33.8 Å². The Morgan fingerprint density at radius 2 is 1.78 bits per heavy atom. The number of rotatable bonds is 5. The van der Waals surface area contributed by atoms with Crippen LogP contribution in [0.4, 0.5) is 0 Å². The number of hydrogen-bond acceptors (Lipinski definition) is 3. The average Bonchev–Trinajstić information content (AvgIpc) is 2.53. The Kier molecular flexibility index (Phi) is 6.69. The molecule has 1 heterocycles. The van der Waals surface area contributed by atoms with Gasteiger partial charge in [-0.15, -0.1) is 0 Å². The lowest BCUT2D eigenvalue weighted by Gasteiger charge is -2.34. The smallest absolute Gasteiger partial charge is 0.236 e. The van der Waals surface area contributed by atoms with Gasteiger partial charge in [0.2, 0.25) is 11.8 Å². The highest BCUT2D eigenvalue weighted by Crippen LogP contribution is 2.20. The maximum Gasteiger partial charge on any atom is 0.236 e. The molecule has 23 heavy (non-hydrogen) atoms. The normalized spacial score (nSPS) is 14.9. The minimum Gasteiger partial charge on any atom is -0.339 e. The monoisotopic (exact) mass is 357 g/mol. The van der Waals surface area contributed by atoms with E-state index in [9.17, 15) is 9.59 Å². The Hall–Kier alpha value is -1.30. The van der Waals surface area contributed by atoms with Gasteiger partial charge in [-0.3, -0.25) is 9.59 Å². The van der Waals surface area contributed by atoms with Gasteiger partial charge in [-0.05, 0) is 30.7 Å². The van der Waals surface area contributed by atoms with Crippen LogP contribution in [0.25, 0.3) is 0 Å². The lowest BCUT2D eigenvalue weighted by molar-refractivity contribution is -0.137. The standard InChI is InChI=1S/C16H21Cl2N3O2/c1-12(22)20-6-8-21(9-7-20)16(23)11-19-5-4-13-2-3-14(17)10-15(13)18/h2-3,10,19H,4-9,11H2,1H3. The molecule has 2 amide bonds. The fraction of sp³-hybridized carbons (Fsp3) is 0.500. The van der Waals surface area contributed by atoms with Crippen molar-refractivity contribution >= 4 is 35.0 Å². The molecule has 1 saturated heterocycles. The molecule has 0 aliphatic carbocycles. The van der Waals surface area contributed by atoms with Crippen LogP contribution in [0.2, 0.25) is 10.0 Å². The molecule has 7 heteroatoms. The first kappa shape index (κ1) is 18.0. The SMILES string of the molecule is CC(=O)N1CCN(C(=O)CNCCc2ccc(Cl)cc2Cl)CC1. The molecule has 1 aliphatic heterocycles. The Morgan fingerprint density at radius 3 is 2.39 bits per heavy atom. The first-order valence-electron chi connectivity index (χ1n) is 7.65. The van der Waals surface area contributed by atoms with Gasteiger partial charge in [0.1, 0.15) is 0 Å². The van der Waals surface area contributed by atoms with E-state index < -0.39 is 0 Å². The molecule has 2 rings (SSSR count). The topological polar surface area (TPSA) is 52.7 Å². The van der Waals surface area contributed by atoms with Crippen molar-refractivity contribution in [3.8, 4) is 0 Å². The van der Waals surface area contributed by atoms with Crippen molar-refractivity contribution in [3.63, 3.8) is 0 Å². The predicted octanol–water partition coefficient (Wildman–Crippen LogP) is 1.82. The second-order valence-electron chi connectivity index (χ2n) is 5.55. The zero-order valence-electron chi connectivity index (χ0n) is 13.1. The third-order valence-corrected chi connectivity index (χ3v) is 4.53. The van der Waals surface area contributed by atoms with Crippen molar-refractivity contribution in [2.24, 2.45) is 0 Å². The van der Waals surface area contributed by atoms with Gasteiger partial charge in [-0.2, -0.15) is 0 Å². The molecule has 5 nitrogen and oxygen atoms in total. The number of carbonyl (C=O) groups is 2. The Balaban J connectivity index is 1.68. The molecule has 0 bridgehead atoms. The Labute approximate surface area is 146 Å². The highest BCUT2D eigenvalue weighted by Gasteiger charge is 2.21. The molecule has 126 valence electrons. The van der Waals surface area contributed by atoms with E-state index in [4.69, 9.17) is 23.2 Å². The second-order valence-corrected chi connectivity index (χ2v) is 6.39. The first-order chi connectivity index (χ1) is 11.0. The van der Waals surface area contributed by atoms with Crippen molar-refractivity contribution in [2.45, 2.75) is 13.3 Å². The molecule has 0 radical (unpaired) electrons. The lowest BCUT2D eigenvalue weighted by Crippen LogP contribution is -2.51. The van der Waals surface area contributed by atoms with E-state index in [1.165, 1.54) is 0 Å². The predicted molar refractivity (Wildman–Crippen MR) is 91.9 cm³/mol. The van der Waals surface area contributed by atoms with E-state index >= 15 is 0 Å². The van der Waals surface area contributed by atoms with E-state index in [0.29, 0.717) is 49.3 Å². The van der Waals surface area contributed by atoms with E-state index in [-0.39, 0.29) is 11.8 Å². The molecule has 1 N–H and O–H groups in total. The lowest BCUT2D eigenvalue weighted by atomic mass is 10.1. The fourth-order valence-corrected chi connectivity index (χ4v) is 3.03. The maximum atomic E-state index is 12.1. The zero-order chi connectivity index (χ0) is 16.8. The summed E-state index contributed by atoms with van der Waals surface area (Å²) >= 11 is 12.0. The number of carbonyl (C=O) groups excluding carboxylic acids is 2. The van der Waals surface area contributed by atoms with Crippen LogP contribution in [0, 0.1) is 0 Å². The molecule has 1 aliphatic rings. The molecule has 0 unspecified atom stereocenters. The summed E-state index contributed by atoms with van der Waals surface area (Å²) in [5.41, 5.74) is 1.01. The second kappa shape index (κ2) is 8.52. The third kappa shape index (κ3) is 5.37. The molecule has 0 aromatic heterocycles. The van der Waals surface area contributed by atoms with Gasteiger partial charge in [0.05, 0.1) is 6.54 Å². The van der Waals surface area contributed by atoms with Crippen LogP contribution in [-0.2, 0) is 16.0 Å². The summed E-state index contributed by atoms with van der Waals surface area (Å²) < 4.78 is 0. The Morgan fingerprint density at radius 1 is 1.13 bits per heavy atom. The summed E-state index contributed by atoms with van der Waals surface area (Å²) in [6.07, 6.45) is 0.737. The molecule has 0 saturated carbocycles. The molecule has 0 spiro atoms. The van der Waals surface area contributed by atoms with Gasteiger partial charge in [-0.25, -0.2) is 0 Å². The number of nitrogens with zero attached hydrogens (tertiary/aromatic N) is 2. The van der Waals surface area contributed by atoms with Crippen LogP contribution in [-0.4, -0.2) is 60.9 Å². The number of nitrogens with one attached hydrogen (secondary N) is 1. The molecule has 1 aromatic carbocycles. The van der Waals surface area contributed by atoms with Crippen molar-refractivity contribution in [1.82, 2.24) is 15.1 Å². The fourth-order valence-electron chi connectivity index (χ4n) is 2.53. The van der Waals surface area contributed by atoms with Gasteiger partial charge >= 0.3 is 0 Å². The summed E-state index contributed by atoms with van der Waals surface area (Å²) in [7, 11) is 0. The number of hydrogen-bond donors (Lipinski definition) is 1. The number of amides is 2. The van der Waals surface area contributed by atoms with Crippen LogP contribution in [0.15, 0.2) is 18.2 Å². The number of piperazine rings is 1. The first-order valence-corrected chi connectivity index (χ1v) is 8.41. The van der Waals surface area contributed by atoms with Crippen molar-refractivity contribution in [1.29, 1.82) is 0 Å². The summed E-state index contributed by atoms with van der Waals surface area (Å²) in [5.74, 6) is 0.130. The maximum absolute atomic E-state index is 12.1. The quantitative estimate of drug-likeness (QED) is 0.817. The molecule has 1 fully saturated rings. The van der Waals surface area contributed by atoms with E-state index in [2.05, 4.69) is 5.32 Å². The van der Waals surface area contributed by atoms with Gasteiger partial charge in [-0.1, -0.05) is 29.3 Å². The van der Waals surface area contributed by atoms with Gasteiger partial charge in [0.15, 0.2) is 0 Å². The van der Waals surface area contributed by atoms with Crippen LogP contribution < -0.4 is 5.32 Å². The molecular formula is C16H21Cl2N3O2. The zero-order valence-corrected chi connectivity index (χ0v) is 14.7. The van der Waals surface area contributed by atoms with Gasteiger partial charge in [0.25, 0.3) is 0 Å². The molecule has 0 atom stereocenters. The van der Waals surface area contributed by atoms with Crippen LogP contribution in [0.3, 0.4) is 0 Å². The van der Waals surface area contributed by atoms with Crippen molar-refractivity contribution in [2.75, 3.05) is 39.3 Å². The van der Waals surface area contributed by atoms with E-state index in [0.717, 1.165) is 12.0 Å². The Bertz CT molecular complexity index is 572. The van der Waals surface area contributed by atoms with E-state index in [1.807, 2.05) is 12.1 Å². The van der Waals surface area contributed by atoms with Crippen LogP contribution >= 0.6 is 23.2 Å². The minimum absolute atomic E-state index is 0.0649. The van der Waals surface area contributed by atoms with Crippen LogP contribution in [0.1, 0.15) is 12.5 Å². The minimum atomic E-state index is 0.0649. The summed E-state index contributed by atoms with van der Waals surface area (Å²) in [4.78, 5) is 26.9. The summed E-state index contributed by atoms with van der Waals surface area (Å²) in [5, 5.41) is 4.41. The number of benzene rings is 1. The van der Waals surface area contributed by atoms with Crippen LogP contribution in [0.5, 0.6) is 0 Å². The van der Waals surface area contributed by atoms with E-state index in [1.54, 1.807) is 22.8 Å².